The summed E-state index contributed by atoms with van der Waals surface area (Å²) < 4.78 is 32.5. The van der Waals surface area contributed by atoms with Gasteiger partial charge in [-0.25, -0.2) is 18.2 Å². The van der Waals surface area contributed by atoms with Gasteiger partial charge in [0.1, 0.15) is 20.8 Å². The summed E-state index contributed by atoms with van der Waals surface area (Å²) >= 11 is 2.30. The van der Waals surface area contributed by atoms with Crippen molar-refractivity contribution in [1.82, 2.24) is 14.5 Å². The third-order valence-electron chi connectivity index (χ3n) is 5.86. The van der Waals surface area contributed by atoms with Gasteiger partial charge >= 0.3 is 6.09 Å². The maximum atomic E-state index is 13.0. The molecule has 9 heteroatoms. The van der Waals surface area contributed by atoms with Crippen LogP contribution >= 0.6 is 22.6 Å². The number of halogens is 1. The summed E-state index contributed by atoms with van der Waals surface area (Å²) in [5, 5.41) is 0. The predicted octanol–water partition coefficient (Wildman–Crippen LogP) is 4.65. The van der Waals surface area contributed by atoms with Gasteiger partial charge in [-0.05, 0) is 80.7 Å². The lowest BCUT2D eigenvalue weighted by Gasteiger charge is -2.43. The number of carbonyl (C=O) groups is 1. The molecule has 2 aliphatic heterocycles. The lowest BCUT2D eigenvalue weighted by molar-refractivity contribution is -0.00767. The fourth-order valence-electron chi connectivity index (χ4n) is 4.48. The van der Waals surface area contributed by atoms with Crippen molar-refractivity contribution in [2.24, 2.45) is 5.92 Å². The molecule has 2 aliphatic rings. The first kappa shape index (κ1) is 22.6. The number of piperidine rings is 1. The molecule has 2 aromatic rings. The Morgan fingerprint density at radius 2 is 1.84 bits per heavy atom. The zero-order valence-electron chi connectivity index (χ0n) is 18.3. The van der Waals surface area contributed by atoms with Gasteiger partial charge in [-0.3, -0.25) is 4.90 Å². The summed E-state index contributed by atoms with van der Waals surface area (Å²) in [5.41, 5.74) is 1.15. The van der Waals surface area contributed by atoms with Gasteiger partial charge in [0.05, 0.1) is 10.9 Å². The number of amides is 1. The van der Waals surface area contributed by atoms with Crippen molar-refractivity contribution in [1.29, 1.82) is 0 Å². The molecule has 0 radical (unpaired) electrons. The van der Waals surface area contributed by atoms with Gasteiger partial charge in [-0.2, -0.15) is 0 Å². The van der Waals surface area contributed by atoms with E-state index in [4.69, 9.17) is 9.72 Å². The first-order valence-electron chi connectivity index (χ1n) is 10.5. The Labute approximate surface area is 197 Å². The molecule has 1 aromatic heterocycles. The van der Waals surface area contributed by atoms with Crippen LogP contribution in [0.3, 0.4) is 0 Å². The molecule has 0 N–H and O–H groups in total. The molecule has 3 heterocycles. The monoisotopic (exact) mass is 557 g/mol. The van der Waals surface area contributed by atoms with Gasteiger partial charge in [-0.15, -0.1) is 0 Å². The van der Waals surface area contributed by atoms with E-state index in [0.717, 1.165) is 46.6 Å². The summed E-state index contributed by atoms with van der Waals surface area (Å²) in [4.78, 5) is 20.1. The molecule has 1 aromatic carbocycles. The summed E-state index contributed by atoms with van der Waals surface area (Å²) in [6.07, 6.45) is 3.96. The molecule has 4 rings (SSSR count). The SMILES string of the molecule is CC(C)(C)OC(=O)N1CCCC2CCn3c(nc(-c4ccc(S(C)(=O)=O)cc4)c3I)C21. The molecule has 0 aliphatic carbocycles. The van der Waals surface area contributed by atoms with Crippen molar-refractivity contribution in [2.75, 3.05) is 12.8 Å². The molecule has 7 nitrogen and oxygen atoms in total. The van der Waals surface area contributed by atoms with Gasteiger partial charge in [-0.1, -0.05) is 12.1 Å². The molecule has 0 spiro atoms. The molecule has 2 atom stereocenters. The maximum absolute atomic E-state index is 13.0. The number of carbonyl (C=O) groups excluding carboxylic acids is 1. The normalized spacial score (nSPS) is 21.4. The van der Waals surface area contributed by atoms with Crippen molar-refractivity contribution in [2.45, 2.75) is 63.1 Å². The van der Waals surface area contributed by atoms with Crippen molar-refractivity contribution in [3.63, 3.8) is 0 Å². The fourth-order valence-corrected chi connectivity index (χ4v) is 6.03. The topological polar surface area (TPSA) is 81.5 Å². The van der Waals surface area contributed by atoms with Crippen LogP contribution in [0.5, 0.6) is 0 Å². The molecule has 168 valence electrons. The number of hydrogen-bond acceptors (Lipinski definition) is 5. The average Bonchev–Trinajstić information content (AvgIpc) is 3.02. The average molecular weight is 557 g/mol. The molecular weight excluding hydrogens is 529 g/mol. The minimum Gasteiger partial charge on any atom is -0.444 e. The molecule has 0 saturated carbocycles. The van der Waals surface area contributed by atoms with Crippen molar-refractivity contribution >= 4 is 38.5 Å². The number of ether oxygens (including phenoxy) is 1. The lowest BCUT2D eigenvalue weighted by atomic mass is 9.84. The van der Waals surface area contributed by atoms with Crippen LogP contribution in [0.15, 0.2) is 29.2 Å². The first-order chi connectivity index (χ1) is 14.5. The minimum absolute atomic E-state index is 0.102. The first-order valence-corrected chi connectivity index (χ1v) is 13.5. The third kappa shape index (κ3) is 4.48. The predicted molar refractivity (Wildman–Crippen MR) is 127 cm³/mol. The zero-order valence-corrected chi connectivity index (χ0v) is 21.2. The highest BCUT2D eigenvalue weighted by Gasteiger charge is 2.43. The van der Waals surface area contributed by atoms with Crippen molar-refractivity contribution in [3.05, 3.63) is 33.8 Å². The Balaban J connectivity index is 1.72. The second kappa shape index (κ2) is 8.06. The highest BCUT2D eigenvalue weighted by atomic mass is 127. The van der Waals surface area contributed by atoms with Crippen molar-refractivity contribution in [3.8, 4) is 11.3 Å². The largest absolute Gasteiger partial charge is 0.444 e. The second-order valence-corrected chi connectivity index (χ2v) is 12.4. The molecule has 1 amide bonds. The fraction of sp³-hybridized carbons (Fsp3) is 0.545. The van der Waals surface area contributed by atoms with Crippen LogP contribution in [-0.2, 0) is 21.1 Å². The number of likely N-dealkylation sites (tertiary alicyclic amines) is 1. The summed E-state index contributed by atoms with van der Waals surface area (Å²) in [7, 11) is -3.25. The Hall–Kier alpha value is -1.62. The van der Waals surface area contributed by atoms with Crippen LogP contribution in [0.25, 0.3) is 11.3 Å². The summed E-state index contributed by atoms with van der Waals surface area (Å²) in [5.74, 6) is 1.26. The number of sulfone groups is 1. The smallest absolute Gasteiger partial charge is 0.410 e. The van der Waals surface area contributed by atoms with Crippen LogP contribution in [0, 0.1) is 9.62 Å². The van der Waals surface area contributed by atoms with Gasteiger partial charge < -0.3 is 9.30 Å². The highest BCUT2D eigenvalue weighted by molar-refractivity contribution is 14.1. The van der Waals surface area contributed by atoms with E-state index in [0.29, 0.717) is 17.4 Å². The Morgan fingerprint density at radius 3 is 2.45 bits per heavy atom. The number of imidazole rings is 1. The van der Waals surface area contributed by atoms with Gasteiger partial charge in [0.15, 0.2) is 9.84 Å². The van der Waals surface area contributed by atoms with Gasteiger partial charge in [0, 0.05) is 24.9 Å². The van der Waals surface area contributed by atoms with E-state index >= 15 is 0 Å². The van der Waals surface area contributed by atoms with E-state index in [1.54, 1.807) is 24.3 Å². The van der Waals surface area contributed by atoms with E-state index < -0.39 is 15.4 Å². The Morgan fingerprint density at radius 1 is 1.16 bits per heavy atom. The number of fused-ring (bicyclic) bond motifs is 3. The van der Waals surface area contributed by atoms with E-state index in [9.17, 15) is 13.2 Å². The van der Waals surface area contributed by atoms with Crippen LogP contribution in [0.2, 0.25) is 0 Å². The second-order valence-electron chi connectivity index (χ2n) is 9.37. The van der Waals surface area contributed by atoms with Crippen molar-refractivity contribution < 1.29 is 17.9 Å². The van der Waals surface area contributed by atoms with Crippen LogP contribution < -0.4 is 0 Å². The van der Waals surface area contributed by atoms with E-state index in [1.807, 2.05) is 25.7 Å². The lowest BCUT2D eigenvalue weighted by Crippen LogP contribution is -2.47. The number of aromatic nitrogens is 2. The van der Waals surface area contributed by atoms with Gasteiger partial charge in [0.25, 0.3) is 0 Å². The Bertz CT molecular complexity index is 1100. The van der Waals surface area contributed by atoms with E-state index in [1.165, 1.54) is 6.26 Å². The van der Waals surface area contributed by atoms with E-state index in [-0.39, 0.29) is 12.1 Å². The van der Waals surface area contributed by atoms with Crippen LogP contribution in [0.1, 0.15) is 51.9 Å². The quantitative estimate of drug-likeness (QED) is 0.503. The number of nitrogens with zero attached hydrogens (tertiary/aromatic N) is 3. The third-order valence-corrected chi connectivity index (χ3v) is 8.09. The van der Waals surface area contributed by atoms with Crippen LogP contribution in [0.4, 0.5) is 4.79 Å². The Kier molecular flexibility index (Phi) is 5.87. The minimum atomic E-state index is -3.25. The van der Waals surface area contributed by atoms with Gasteiger partial charge in [0.2, 0.25) is 0 Å². The molecule has 1 saturated heterocycles. The molecule has 31 heavy (non-hydrogen) atoms. The highest BCUT2D eigenvalue weighted by Crippen LogP contribution is 2.44. The number of rotatable bonds is 2. The van der Waals surface area contributed by atoms with E-state index in [2.05, 4.69) is 27.2 Å². The standard InChI is InChI=1S/C22H28IN3O4S/c1-22(2,3)30-21(27)25-12-5-6-15-11-13-26-19(23)17(24-20(26)18(15)25)14-7-9-16(10-8-14)31(4,28)29/h7-10,15,18H,5-6,11-13H2,1-4H3. The molecule has 2 unspecified atom stereocenters. The molecule has 1 fully saturated rings. The zero-order chi connectivity index (χ0) is 22.6. The number of benzene rings is 1. The van der Waals surface area contributed by atoms with Crippen LogP contribution in [-0.4, -0.2) is 47.4 Å². The molecule has 0 bridgehead atoms. The maximum Gasteiger partial charge on any atom is 0.410 e. The molecular formula is C22H28IN3O4S. The number of hydrogen-bond donors (Lipinski definition) is 0. The summed E-state index contributed by atoms with van der Waals surface area (Å²) in [6, 6.07) is 6.74. The summed E-state index contributed by atoms with van der Waals surface area (Å²) in [6.45, 7) is 7.18.